The number of ether oxygens (including phenoxy) is 2. The van der Waals surface area contributed by atoms with Crippen molar-refractivity contribution in [3.05, 3.63) is 35.9 Å². The van der Waals surface area contributed by atoms with Gasteiger partial charge in [-0.2, -0.15) is 0 Å². The van der Waals surface area contributed by atoms with Crippen LogP contribution in [0, 0.1) is 0 Å². The molecule has 7 nitrogen and oxygen atoms in total. The van der Waals surface area contributed by atoms with Crippen LogP contribution >= 0.6 is 0 Å². The molecule has 3 N–H and O–H groups in total. The van der Waals surface area contributed by atoms with Gasteiger partial charge in [-0.15, -0.1) is 0 Å². The molecule has 0 unspecified atom stereocenters. The van der Waals surface area contributed by atoms with Crippen molar-refractivity contribution in [3.63, 3.8) is 0 Å². The number of carbonyl (C=O) groups excluding carboxylic acids is 1. The Morgan fingerprint density at radius 2 is 1.70 bits per heavy atom. The molecule has 0 fully saturated rings. The molecule has 0 aliphatic heterocycles. The maximum absolute atomic E-state index is 11.6. The van der Waals surface area contributed by atoms with E-state index in [1.807, 2.05) is 33.8 Å². The highest BCUT2D eigenvalue weighted by atomic mass is 16.6. The van der Waals surface area contributed by atoms with E-state index in [0.717, 1.165) is 57.9 Å². The Morgan fingerprint density at radius 3 is 2.40 bits per heavy atom. The van der Waals surface area contributed by atoms with E-state index in [2.05, 4.69) is 45.2 Å². The van der Waals surface area contributed by atoms with Gasteiger partial charge >= 0.3 is 6.09 Å². The first-order valence-corrected chi connectivity index (χ1v) is 11.0. The smallest absolute Gasteiger partial charge is 0.407 e. The Kier molecular flexibility index (Phi) is 13.3. The standard InChI is InChI=1S/C23H40N4O3/c1-5-24-21(26-16-11-17-27-22(28)30-23(2,3)4)25-15-9-10-18-29-19-14-20-12-7-6-8-13-20/h6-8,12-13H,5,9-11,14-19H2,1-4H3,(H,27,28)(H2,24,25,26). The first kappa shape index (κ1) is 25.8. The van der Waals surface area contributed by atoms with Gasteiger partial charge in [0, 0.05) is 32.8 Å². The zero-order chi connectivity index (χ0) is 22.1. The fourth-order valence-corrected chi connectivity index (χ4v) is 2.59. The van der Waals surface area contributed by atoms with Crippen molar-refractivity contribution in [2.24, 2.45) is 4.99 Å². The number of alkyl carbamates (subject to hydrolysis) is 1. The second-order valence-electron chi connectivity index (χ2n) is 8.02. The normalized spacial score (nSPS) is 11.8. The number of unbranched alkanes of at least 4 members (excludes halogenated alkanes) is 1. The van der Waals surface area contributed by atoms with E-state index in [1.165, 1.54) is 5.56 Å². The highest BCUT2D eigenvalue weighted by Gasteiger charge is 2.15. The van der Waals surface area contributed by atoms with Crippen molar-refractivity contribution in [2.75, 3.05) is 39.4 Å². The number of aliphatic imine (C=N–C) groups is 1. The molecule has 0 aromatic heterocycles. The average Bonchev–Trinajstić information content (AvgIpc) is 2.69. The van der Waals surface area contributed by atoms with Gasteiger partial charge < -0.3 is 25.4 Å². The molecule has 1 aromatic rings. The van der Waals surface area contributed by atoms with Gasteiger partial charge in [-0.1, -0.05) is 30.3 Å². The van der Waals surface area contributed by atoms with Gasteiger partial charge in [-0.05, 0) is 58.9 Å². The van der Waals surface area contributed by atoms with E-state index in [9.17, 15) is 4.79 Å². The first-order valence-electron chi connectivity index (χ1n) is 11.0. The van der Waals surface area contributed by atoms with Gasteiger partial charge in [0.2, 0.25) is 0 Å². The van der Waals surface area contributed by atoms with Crippen LogP contribution in [0.2, 0.25) is 0 Å². The van der Waals surface area contributed by atoms with Crippen molar-refractivity contribution in [1.82, 2.24) is 16.0 Å². The lowest BCUT2D eigenvalue weighted by Crippen LogP contribution is -2.38. The highest BCUT2D eigenvalue weighted by molar-refractivity contribution is 5.79. The van der Waals surface area contributed by atoms with Gasteiger partial charge in [-0.3, -0.25) is 4.99 Å². The minimum atomic E-state index is -0.475. The van der Waals surface area contributed by atoms with Crippen LogP contribution in [0.25, 0.3) is 0 Å². The van der Waals surface area contributed by atoms with Crippen LogP contribution in [0.4, 0.5) is 4.79 Å². The number of nitrogens with zero attached hydrogens (tertiary/aromatic N) is 1. The monoisotopic (exact) mass is 420 g/mol. The van der Waals surface area contributed by atoms with Crippen molar-refractivity contribution in [1.29, 1.82) is 0 Å². The summed E-state index contributed by atoms with van der Waals surface area (Å²) < 4.78 is 10.9. The van der Waals surface area contributed by atoms with Crippen LogP contribution in [0.3, 0.4) is 0 Å². The van der Waals surface area contributed by atoms with E-state index in [0.29, 0.717) is 13.1 Å². The second kappa shape index (κ2) is 15.5. The zero-order valence-electron chi connectivity index (χ0n) is 19.1. The molecule has 0 aliphatic rings. The molecule has 0 spiro atoms. The number of carbonyl (C=O) groups is 1. The summed E-state index contributed by atoms with van der Waals surface area (Å²) in [5.41, 5.74) is 0.837. The maximum Gasteiger partial charge on any atom is 0.407 e. The SMILES string of the molecule is CCNC(=NCCCNC(=O)OC(C)(C)C)NCCCCOCCc1ccccc1. The Hall–Kier alpha value is -2.28. The third-order valence-corrected chi connectivity index (χ3v) is 4.00. The van der Waals surface area contributed by atoms with Crippen LogP contribution in [0.1, 0.15) is 52.5 Å². The molecule has 0 radical (unpaired) electrons. The summed E-state index contributed by atoms with van der Waals surface area (Å²) in [7, 11) is 0. The number of rotatable bonds is 13. The Bertz CT molecular complexity index is 600. The van der Waals surface area contributed by atoms with Gasteiger partial charge in [0.05, 0.1) is 6.61 Å². The van der Waals surface area contributed by atoms with E-state index in [-0.39, 0.29) is 6.09 Å². The third-order valence-electron chi connectivity index (χ3n) is 4.00. The third kappa shape index (κ3) is 14.7. The number of nitrogens with one attached hydrogen (secondary N) is 3. The van der Waals surface area contributed by atoms with Gasteiger partial charge in [0.15, 0.2) is 5.96 Å². The number of guanidine groups is 1. The fourth-order valence-electron chi connectivity index (χ4n) is 2.59. The Labute approximate surface area is 182 Å². The van der Waals surface area contributed by atoms with Gasteiger partial charge in [0.25, 0.3) is 0 Å². The van der Waals surface area contributed by atoms with Gasteiger partial charge in [0.1, 0.15) is 5.60 Å². The average molecular weight is 421 g/mol. The molecule has 1 rings (SSSR count). The first-order chi connectivity index (χ1) is 14.4. The molecule has 0 aliphatic carbocycles. The number of hydrogen-bond donors (Lipinski definition) is 3. The van der Waals surface area contributed by atoms with E-state index >= 15 is 0 Å². The molecular formula is C23H40N4O3. The summed E-state index contributed by atoms with van der Waals surface area (Å²) in [4.78, 5) is 16.1. The fraction of sp³-hybridized carbons (Fsp3) is 0.652. The summed E-state index contributed by atoms with van der Waals surface area (Å²) >= 11 is 0. The van der Waals surface area contributed by atoms with Crippen LogP contribution in [0.5, 0.6) is 0 Å². The maximum atomic E-state index is 11.6. The molecule has 30 heavy (non-hydrogen) atoms. The van der Waals surface area contributed by atoms with Crippen molar-refractivity contribution < 1.29 is 14.3 Å². The quantitative estimate of drug-likeness (QED) is 0.258. The molecular weight excluding hydrogens is 380 g/mol. The van der Waals surface area contributed by atoms with E-state index in [1.54, 1.807) is 0 Å². The lowest BCUT2D eigenvalue weighted by atomic mass is 10.2. The number of benzene rings is 1. The van der Waals surface area contributed by atoms with Crippen LogP contribution in [-0.4, -0.2) is 57.0 Å². The molecule has 0 bridgehead atoms. The van der Waals surface area contributed by atoms with E-state index < -0.39 is 5.60 Å². The predicted octanol–water partition coefficient (Wildman–Crippen LogP) is 3.50. The van der Waals surface area contributed by atoms with E-state index in [4.69, 9.17) is 9.47 Å². The van der Waals surface area contributed by atoms with Crippen molar-refractivity contribution in [2.45, 2.75) is 59.0 Å². The predicted molar refractivity (Wildman–Crippen MR) is 123 cm³/mol. The summed E-state index contributed by atoms with van der Waals surface area (Å²) in [6.45, 7) is 12.0. The molecule has 0 atom stereocenters. The lowest BCUT2D eigenvalue weighted by Gasteiger charge is -2.19. The Morgan fingerprint density at radius 1 is 0.967 bits per heavy atom. The Balaban J connectivity index is 2.07. The highest BCUT2D eigenvalue weighted by Crippen LogP contribution is 2.06. The molecule has 0 saturated heterocycles. The van der Waals surface area contributed by atoms with Crippen LogP contribution < -0.4 is 16.0 Å². The molecule has 7 heteroatoms. The largest absolute Gasteiger partial charge is 0.444 e. The topological polar surface area (TPSA) is 84.0 Å². The zero-order valence-corrected chi connectivity index (χ0v) is 19.1. The van der Waals surface area contributed by atoms with Crippen LogP contribution in [-0.2, 0) is 15.9 Å². The van der Waals surface area contributed by atoms with Crippen molar-refractivity contribution >= 4 is 12.1 Å². The molecule has 170 valence electrons. The second-order valence-corrected chi connectivity index (χ2v) is 8.02. The minimum Gasteiger partial charge on any atom is -0.444 e. The summed E-state index contributed by atoms with van der Waals surface area (Å²) in [5.74, 6) is 0.805. The molecule has 0 heterocycles. The summed E-state index contributed by atoms with van der Waals surface area (Å²) in [5, 5.41) is 9.32. The van der Waals surface area contributed by atoms with Crippen LogP contribution in [0.15, 0.2) is 35.3 Å². The van der Waals surface area contributed by atoms with Gasteiger partial charge in [-0.25, -0.2) is 4.79 Å². The summed E-state index contributed by atoms with van der Waals surface area (Å²) in [6.07, 6.45) is 3.36. The number of hydrogen-bond acceptors (Lipinski definition) is 4. The lowest BCUT2D eigenvalue weighted by molar-refractivity contribution is 0.0527. The minimum absolute atomic E-state index is 0.387. The molecule has 1 aromatic carbocycles. The number of amides is 1. The molecule has 1 amide bonds. The summed E-state index contributed by atoms with van der Waals surface area (Å²) in [6, 6.07) is 10.4. The van der Waals surface area contributed by atoms with Crippen molar-refractivity contribution in [3.8, 4) is 0 Å². The molecule has 0 saturated carbocycles.